The second-order valence-corrected chi connectivity index (χ2v) is 9.02. The van der Waals surface area contributed by atoms with E-state index in [1.165, 1.54) is 6.33 Å². The zero-order valence-corrected chi connectivity index (χ0v) is 22.0. The number of benzene rings is 3. The molecule has 200 valence electrons. The SMILES string of the molecule is CN(C)CCCOC(=O)/C=C/C(=O)Nc1ccc2ncnc(Nc3ccc(OCc4ccccc4)cc3)c2c1. The highest BCUT2D eigenvalue weighted by molar-refractivity contribution is 6.04. The summed E-state index contributed by atoms with van der Waals surface area (Å²) < 4.78 is 11.0. The monoisotopic (exact) mass is 525 g/mol. The predicted molar refractivity (Wildman–Crippen MR) is 152 cm³/mol. The summed E-state index contributed by atoms with van der Waals surface area (Å²) in [6, 6.07) is 22.9. The van der Waals surface area contributed by atoms with E-state index in [4.69, 9.17) is 9.47 Å². The number of aromatic nitrogens is 2. The second-order valence-electron chi connectivity index (χ2n) is 9.02. The van der Waals surface area contributed by atoms with Crippen molar-refractivity contribution in [3.63, 3.8) is 0 Å². The molecule has 1 amide bonds. The predicted octanol–water partition coefficient (Wildman–Crippen LogP) is 4.94. The highest BCUT2D eigenvalue weighted by Crippen LogP contribution is 2.27. The number of carbonyl (C=O) groups excluding carboxylic acids is 2. The number of rotatable bonds is 12. The van der Waals surface area contributed by atoms with Gasteiger partial charge in [0, 0.05) is 35.5 Å². The first-order chi connectivity index (χ1) is 19.0. The second kappa shape index (κ2) is 13.7. The van der Waals surface area contributed by atoms with Crippen molar-refractivity contribution < 1.29 is 19.1 Å². The lowest BCUT2D eigenvalue weighted by Crippen LogP contribution is -2.16. The molecule has 0 saturated carbocycles. The number of nitrogens with zero attached hydrogens (tertiary/aromatic N) is 3. The van der Waals surface area contributed by atoms with Crippen LogP contribution in [0.25, 0.3) is 10.9 Å². The van der Waals surface area contributed by atoms with Crippen molar-refractivity contribution in [2.75, 3.05) is 37.9 Å². The van der Waals surface area contributed by atoms with E-state index in [1.54, 1.807) is 18.2 Å². The molecule has 9 nitrogen and oxygen atoms in total. The summed E-state index contributed by atoms with van der Waals surface area (Å²) in [5.74, 6) is 0.342. The van der Waals surface area contributed by atoms with Gasteiger partial charge in [-0.05, 0) is 68.5 Å². The van der Waals surface area contributed by atoms with Crippen molar-refractivity contribution in [1.82, 2.24) is 14.9 Å². The average Bonchev–Trinajstić information content (AvgIpc) is 2.94. The van der Waals surface area contributed by atoms with Crippen LogP contribution in [0.3, 0.4) is 0 Å². The molecule has 0 radical (unpaired) electrons. The Morgan fingerprint density at radius 1 is 0.923 bits per heavy atom. The molecule has 0 aliphatic carbocycles. The van der Waals surface area contributed by atoms with Crippen LogP contribution in [0.1, 0.15) is 12.0 Å². The molecule has 4 aromatic rings. The molecule has 0 atom stereocenters. The molecule has 1 heterocycles. The number of fused-ring (bicyclic) bond motifs is 1. The van der Waals surface area contributed by atoms with Crippen LogP contribution in [-0.4, -0.2) is 54.0 Å². The highest BCUT2D eigenvalue weighted by Gasteiger charge is 2.08. The van der Waals surface area contributed by atoms with Crippen molar-refractivity contribution in [2.24, 2.45) is 0 Å². The Morgan fingerprint density at radius 2 is 1.69 bits per heavy atom. The summed E-state index contributed by atoms with van der Waals surface area (Å²) in [7, 11) is 3.90. The van der Waals surface area contributed by atoms with Crippen LogP contribution in [0, 0.1) is 0 Å². The van der Waals surface area contributed by atoms with Crippen LogP contribution >= 0.6 is 0 Å². The van der Waals surface area contributed by atoms with E-state index in [9.17, 15) is 9.59 Å². The molecular formula is C30H31N5O4. The fourth-order valence-corrected chi connectivity index (χ4v) is 3.68. The van der Waals surface area contributed by atoms with Gasteiger partial charge in [-0.2, -0.15) is 0 Å². The normalized spacial score (nSPS) is 11.1. The third-order valence-corrected chi connectivity index (χ3v) is 5.63. The maximum Gasteiger partial charge on any atom is 0.330 e. The fourth-order valence-electron chi connectivity index (χ4n) is 3.68. The lowest BCUT2D eigenvalue weighted by atomic mass is 10.2. The quantitative estimate of drug-likeness (QED) is 0.152. The molecule has 2 N–H and O–H groups in total. The average molecular weight is 526 g/mol. The first-order valence-corrected chi connectivity index (χ1v) is 12.6. The zero-order valence-electron chi connectivity index (χ0n) is 22.0. The summed E-state index contributed by atoms with van der Waals surface area (Å²) >= 11 is 0. The Labute approximate surface area is 227 Å². The van der Waals surface area contributed by atoms with Gasteiger partial charge in [-0.1, -0.05) is 30.3 Å². The van der Waals surface area contributed by atoms with Gasteiger partial charge in [0.2, 0.25) is 5.91 Å². The van der Waals surface area contributed by atoms with E-state index in [2.05, 4.69) is 20.6 Å². The molecule has 39 heavy (non-hydrogen) atoms. The Balaban J connectivity index is 1.35. The van der Waals surface area contributed by atoms with Gasteiger partial charge in [-0.3, -0.25) is 4.79 Å². The van der Waals surface area contributed by atoms with E-state index in [1.807, 2.05) is 73.6 Å². The van der Waals surface area contributed by atoms with Gasteiger partial charge >= 0.3 is 5.97 Å². The Kier molecular flexibility index (Phi) is 9.57. The van der Waals surface area contributed by atoms with Crippen molar-refractivity contribution in [3.8, 4) is 5.75 Å². The lowest BCUT2D eigenvalue weighted by molar-refractivity contribution is -0.138. The van der Waals surface area contributed by atoms with Gasteiger partial charge < -0.3 is 25.0 Å². The summed E-state index contributed by atoms with van der Waals surface area (Å²) in [5.41, 5.74) is 3.17. The molecule has 0 unspecified atom stereocenters. The Hall–Kier alpha value is -4.76. The van der Waals surface area contributed by atoms with Gasteiger partial charge in [0.05, 0.1) is 12.1 Å². The summed E-state index contributed by atoms with van der Waals surface area (Å²) in [4.78, 5) is 34.9. The van der Waals surface area contributed by atoms with Gasteiger partial charge in [0.15, 0.2) is 0 Å². The van der Waals surface area contributed by atoms with E-state index in [0.717, 1.165) is 47.5 Å². The number of esters is 1. The van der Waals surface area contributed by atoms with Gasteiger partial charge in [-0.25, -0.2) is 14.8 Å². The van der Waals surface area contributed by atoms with Crippen LogP contribution in [0.5, 0.6) is 5.75 Å². The third kappa shape index (κ3) is 8.65. The Morgan fingerprint density at radius 3 is 2.46 bits per heavy atom. The van der Waals surface area contributed by atoms with Crippen LogP contribution in [-0.2, 0) is 20.9 Å². The largest absolute Gasteiger partial charge is 0.489 e. The molecule has 1 aromatic heterocycles. The minimum Gasteiger partial charge on any atom is -0.489 e. The van der Waals surface area contributed by atoms with Crippen LogP contribution in [0.4, 0.5) is 17.2 Å². The molecule has 0 spiro atoms. The lowest BCUT2D eigenvalue weighted by Gasteiger charge is -2.11. The first-order valence-electron chi connectivity index (χ1n) is 12.6. The maximum absolute atomic E-state index is 12.4. The van der Waals surface area contributed by atoms with Crippen molar-refractivity contribution >= 4 is 40.0 Å². The van der Waals surface area contributed by atoms with Crippen molar-refractivity contribution in [1.29, 1.82) is 0 Å². The van der Waals surface area contributed by atoms with Crippen LogP contribution in [0.2, 0.25) is 0 Å². The van der Waals surface area contributed by atoms with E-state index < -0.39 is 11.9 Å². The first kappa shape index (κ1) is 27.3. The number of anilines is 3. The Bertz CT molecular complexity index is 1420. The number of carbonyl (C=O) groups is 2. The molecular weight excluding hydrogens is 494 g/mol. The zero-order chi connectivity index (χ0) is 27.5. The molecule has 0 fully saturated rings. The molecule has 0 bridgehead atoms. The fraction of sp³-hybridized carbons (Fsp3) is 0.200. The summed E-state index contributed by atoms with van der Waals surface area (Å²) in [5, 5.41) is 6.79. The van der Waals surface area contributed by atoms with E-state index >= 15 is 0 Å². The number of nitrogens with one attached hydrogen (secondary N) is 2. The summed E-state index contributed by atoms with van der Waals surface area (Å²) in [6.45, 7) is 1.60. The van der Waals surface area contributed by atoms with Gasteiger partial charge in [0.25, 0.3) is 0 Å². The molecule has 3 aromatic carbocycles. The van der Waals surface area contributed by atoms with Gasteiger partial charge in [-0.15, -0.1) is 0 Å². The number of hydrogen-bond donors (Lipinski definition) is 2. The maximum atomic E-state index is 12.4. The molecule has 4 rings (SSSR count). The molecule has 9 heteroatoms. The molecule has 0 aliphatic heterocycles. The van der Waals surface area contributed by atoms with Crippen LogP contribution < -0.4 is 15.4 Å². The highest BCUT2D eigenvalue weighted by atomic mass is 16.5. The van der Waals surface area contributed by atoms with E-state index in [-0.39, 0.29) is 0 Å². The molecule has 0 aliphatic rings. The number of amides is 1. The molecule has 0 saturated heterocycles. The van der Waals surface area contributed by atoms with Crippen LogP contribution in [0.15, 0.2) is 91.3 Å². The van der Waals surface area contributed by atoms with Crippen molar-refractivity contribution in [2.45, 2.75) is 13.0 Å². The van der Waals surface area contributed by atoms with Crippen molar-refractivity contribution in [3.05, 3.63) is 96.8 Å². The third-order valence-electron chi connectivity index (χ3n) is 5.63. The smallest absolute Gasteiger partial charge is 0.330 e. The minimum absolute atomic E-state index is 0.298. The van der Waals surface area contributed by atoms with E-state index in [0.29, 0.717) is 30.2 Å². The summed E-state index contributed by atoms with van der Waals surface area (Å²) in [6.07, 6.45) is 4.48. The van der Waals surface area contributed by atoms with Gasteiger partial charge in [0.1, 0.15) is 24.5 Å². The number of ether oxygens (including phenoxy) is 2. The topological polar surface area (TPSA) is 106 Å². The number of hydrogen-bond acceptors (Lipinski definition) is 8. The minimum atomic E-state index is -0.557. The standard InChI is InChI=1S/C30H31N5O4/c1-35(2)17-6-18-38-29(37)16-15-28(36)33-24-11-14-27-26(19-24)30(32-21-31-27)34-23-9-12-25(13-10-23)39-20-22-7-4-3-5-8-22/h3-5,7-16,19,21H,6,17-18,20H2,1-2H3,(H,33,36)(H,31,32,34)/b16-15+.